The third-order valence-electron chi connectivity index (χ3n) is 3.12. The first-order chi connectivity index (χ1) is 10.5. The number of carbonyl (C=O) groups excluding carboxylic acids is 2. The van der Waals surface area contributed by atoms with Crippen molar-refractivity contribution in [2.75, 3.05) is 6.54 Å². The topological polar surface area (TPSA) is 89.3 Å². The second kappa shape index (κ2) is 6.62. The number of aryl methyl sites for hydroxylation is 1. The summed E-state index contributed by atoms with van der Waals surface area (Å²) in [5.74, 6) is -0.648. The summed E-state index contributed by atoms with van der Waals surface area (Å²) in [6.07, 6.45) is 0. The number of nitro groups is 1. The van der Waals surface area contributed by atoms with Crippen LogP contribution in [0.2, 0.25) is 0 Å². The first kappa shape index (κ1) is 15.4. The molecule has 0 unspecified atom stereocenters. The Morgan fingerprint density at radius 1 is 1.00 bits per heavy atom. The normalized spacial score (nSPS) is 10.0. The van der Waals surface area contributed by atoms with E-state index in [9.17, 15) is 19.7 Å². The molecule has 0 fully saturated rings. The number of benzene rings is 2. The Hall–Kier alpha value is -3.02. The number of nitrogens with zero attached hydrogens (tertiary/aromatic N) is 1. The van der Waals surface area contributed by atoms with Crippen LogP contribution in [-0.2, 0) is 0 Å². The van der Waals surface area contributed by atoms with Crippen LogP contribution in [0.15, 0.2) is 48.5 Å². The molecule has 0 saturated carbocycles. The summed E-state index contributed by atoms with van der Waals surface area (Å²) in [4.78, 5) is 33.8. The highest BCUT2D eigenvalue weighted by molar-refractivity contribution is 6.02. The van der Waals surface area contributed by atoms with Gasteiger partial charge in [0.25, 0.3) is 11.6 Å². The van der Waals surface area contributed by atoms with E-state index in [1.807, 2.05) is 19.1 Å². The summed E-state index contributed by atoms with van der Waals surface area (Å²) in [5.41, 5.74) is 1.75. The van der Waals surface area contributed by atoms with Crippen LogP contribution < -0.4 is 5.32 Å². The van der Waals surface area contributed by atoms with Crippen molar-refractivity contribution in [1.82, 2.24) is 5.32 Å². The third kappa shape index (κ3) is 3.76. The zero-order valence-electron chi connectivity index (χ0n) is 11.9. The van der Waals surface area contributed by atoms with E-state index in [-0.39, 0.29) is 23.9 Å². The van der Waals surface area contributed by atoms with Crippen molar-refractivity contribution in [3.05, 3.63) is 75.3 Å². The predicted molar refractivity (Wildman–Crippen MR) is 80.9 cm³/mol. The van der Waals surface area contributed by atoms with Crippen molar-refractivity contribution in [2.24, 2.45) is 0 Å². The molecule has 0 spiro atoms. The summed E-state index contributed by atoms with van der Waals surface area (Å²) in [7, 11) is 0. The minimum absolute atomic E-state index is 0.0831. The monoisotopic (exact) mass is 298 g/mol. The van der Waals surface area contributed by atoms with E-state index >= 15 is 0 Å². The number of carbonyl (C=O) groups is 2. The van der Waals surface area contributed by atoms with Gasteiger partial charge in [-0.1, -0.05) is 17.7 Å². The van der Waals surface area contributed by atoms with Crippen LogP contribution in [0.5, 0.6) is 0 Å². The Morgan fingerprint density at radius 2 is 1.55 bits per heavy atom. The van der Waals surface area contributed by atoms with Crippen molar-refractivity contribution < 1.29 is 14.5 Å². The molecule has 2 aromatic rings. The second-order valence-corrected chi connectivity index (χ2v) is 4.78. The SMILES string of the molecule is Cc1ccc(C(=O)NCC(=O)c2ccc([N+](=O)[O-])cc2)cc1. The lowest BCUT2D eigenvalue weighted by Crippen LogP contribution is -2.29. The number of ketones is 1. The molecule has 6 nitrogen and oxygen atoms in total. The van der Waals surface area contributed by atoms with Crippen LogP contribution in [-0.4, -0.2) is 23.2 Å². The highest BCUT2D eigenvalue weighted by atomic mass is 16.6. The molecular weight excluding hydrogens is 284 g/mol. The maximum Gasteiger partial charge on any atom is 0.269 e. The Labute approximate surface area is 126 Å². The summed E-state index contributed by atoms with van der Waals surface area (Å²) < 4.78 is 0. The van der Waals surface area contributed by atoms with Crippen LogP contribution in [0.1, 0.15) is 26.3 Å². The van der Waals surface area contributed by atoms with E-state index in [0.29, 0.717) is 11.1 Å². The zero-order chi connectivity index (χ0) is 16.1. The standard InChI is InChI=1S/C16H14N2O4/c1-11-2-4-13(5-3-11)16(20)17-10-15(19)12-6-8-14(9-7-12)18(21)22/h2-9H,10H2,1H3,(H,17,20). The number of non-ortho nitro benzene ring substituents is 1. The summed E-state index contributed by atoms with van der Waals surface area (Å²) >= 11 is 0. The van der Waals surface area contributed by atoms with Crippen molar-refractivity contribution in [3.63, 3.8) is 0 Å². The molecule has 0 aliphatic rings. The fourth-order valence-corrected chi connectivity index (χ4v) is 1.84. The average Bonchev–Trinajstić information content (AvgIpc) is 2.53. The van der Waals surface area contributed by atoms with Crippen molar-refractivity contribution >= 4 is 17.4 Å². The van der Waals surface area contributed by atoms with Gasteiger partial charge in [0.2, 0.25) is 0 Å². The highest BCUT2D eigenvalue weighted by Gasteiger charge is 2.11. The molecule has 2 rings (SSSR count). The quantitative estimate of drug-likeness (QED) is 0.522. The maximum atomic E-state index is 11.9. The van der Waals surface area contributed by atoms with Gasteiger partial charge in [-0.15, -0.1) is 0 Å². The fraction of sp³-hybridized carbons (Fsp3) is 0.125. The van der Waals surface area contributed by atoms with Gasteiger partial charge >= 0.3 is 0 Å². The smallest absolute Gasteiger partial charge is 0.269 e. The number of hydrogen-bond donors (Lipinski definition) is 1. The summed E-state index contributed by atoms with van der Waals surface area (Å²) in [5, 5.41) is 13.1. The lowest BCUT2D eigenvalue weighted by atomic mass is 10.1. The lowest BCUT2D eigenvalue weighted by molar-refractivity contribution is -0.384. The van der Waals surface area contributed by atoms with E-state index < -0.39 is 4.92 Å². The Morgan fingerprint density at radius 3 is 2.09 bits per heavy atom. The van der Waals surface area contributed by atoms with Gasteiger partial charge in [-0.2, -0.15) is 0 Å². The van der Waals surface area contributed by atoms with E-state index in [2.05, 4.69) is 5.32 Å². The number of hydrogen-bond acceptors (Lipinski definition) is 4. The maximum absolute atomic E-state index is 11.9. The highest BCUT2D eigenvalue weighted by Crippen LogP contribution is 2.12. The minimum Gasteiger partial charge on any atom is -0.345 e. The molecule has 0 aliphatic carbocycles. The number of Topliss-reactive ketones (excluding diaryl/α,β-unsaturated/α-hetero) is 1. The molecule has 0 heterocycles. The van der Waals surface area contributed by atoms with Gasteiger partial charge in [-0.05, 0) is 31.2 Å². The predicted octanol–water partition coefficient (Wildman–Crippen LogP) is 2.52. The van der Waals surface area contributed by atoms with E-state index in [4.69, 9.17) is 0 Å². The third-order valence-corrected chi connectivity index (χ3v) is 3.12. The Balaban J connectivity index is 1.96. The number of nitrogens with one attached hydrogen (secondary N) is 1. The molecule has 1 amide bonds. The van der Waals surface area contributed by atoms with Crippen molar-refractivity contribution in [3.8, 4) is 0 Å². The zero-order valence-corrected chi connectivity index (χ0v) is 11.9. The van der Waals surface area contributed by atoms with Gasteiger partial charge in [-0.3, -0.25) is 19.7 Å². The van der Waals surface area contributed by atoms with Crippen molar-refractivity contribution in [1.29, 1.82) is 0 Å². The molecule has 0 radical (unpaired) electrons. The molecule has 0 aromatic heterocycles. The average molecular weight is 298 g/mol. The van der Waals surface area contributed by atoms with E-state index in [1.165, 1.54) is 24.3 Å². The van der Waals surface area contributed by atoms with Crippen molar-refractivity contribution in [2.45, 2.75) is 6.92 Å². The number of rotatable bonds is 5. The molecule has 0 bridgehead atoms. The van der Waals surface area contributed by atoms with E-state index in [1.54, 1.807) is 12.1 Å². The van der Waals surface area contributed by atoms with Gasteiger partial charge in [0, 0.05) is 23.3 Å². The van der Waals surface area contributed by atoms with Crippen LogP contribution >= 0.6 is 0 Å². The Bertz CT molecular complexity index is 706. The first-order valence-electron chi connectivity index (χ1n) is 6.60. The van der Waals surface area contributed by atoms with Crippen LogP contribution in [0.3, 0.4) is 0 Å². The van der Waals surface area contributed by atoms with Crippen LogP contribution in [0.4, 0.5) is 5.69 Å². The number of nitro benzene ring substituents is 1. The molecule has 112 valence electrons. The van der Waals surface area contributed by atoms with Gasteiger partial charge < -0.3 is 5.32 Å². The molecule has 2 aromatic carbocycles. The number of amides is 1. The molecule has 22 heavy (non-hydrogen) atoms. The van der Waals surface area contributed by atoms with Crippen LogP contribution in [0.25, 0.3) is 0 Å². The fourth-order valence-electron chi connectivity index (χ4n) is 1.84. The van der Waals surface area contributed by atoms with Gasteiger partial charge in [-0.25, -0.2) is 0 Å². The van der Waals surface area contributed by atoms with Crippen LogP contribution in [0, 0.1) is 17.0 Å². The second-order valence-electron chi connectivity index (χ2n) is 4.78. The molecule has 0 atom stereocenters. The van der Waals surface area contributed by atoms with Gasteiger partial charge in [0.05, 0.1) is 11.5 Å². The van der Waals surface area contributed by atoms with Gasteiger partial charge in [0.15, 0.2) is 5.78 Å². The summed E-state index contributed by atoms with van der Waals surface area (Å²) in [6.45, 7) is 1.75. The molecule has 0 aliphatic heterocycles. The molecule has 1 N–H and O–H groups in total. The molecule has 6 heteroatoms. The first-order valence-corrected chi connectivity index (χ1v) is 6.60. The molecular formula is C16H14N2O4. The van der Waals surface area contributed by atoms with E-state index in [0.717, 1.165) is 5.56 Å². The molecule has 0 saturated heterocycles. The Kier molecular flexibility index (Phi) is 4.63. The minimum atomic E-state index is -0.534. The van der Waals surface area contributed by atoms with Gasteiger partial charge in [0.1, 0.15) is 0 Å². The lowest BCUT2D eigenvalue weighted by Gasteiger charge is -2.05. The summed E-state index contributed by atoms with van der Waals surface area (Å²) in [6, 6.07) is 12.3. The largest absolute Gasteiger partial charge is 0.345 e.